The van der Waals surface area contributed by atoms with E-state index in [1.807, 2.05) is 0 Å². The second-order valence-corrected chi connectivity index (χ2v) is 8.65. The van der Waals surface area contributed by atoms with Crippen molar-refractivity contribution in [2.75, 3.05) is 42.7 Å². The fourth-order valence-electron chi connectivity index (χ4n) is 4.09. The summed E-state index contributed by atoms with van der Waals surface area (Å²) in [6.07, 6.45) is 0. The maximum Gasteiger partial charge on any atom is 0.333 e. The second kappa shape index (κ2) is 14.4. The van der Waals surface area contributed by atoms with E-state index in [9.17, 15) is 19.2 Å². The SMILES string of the molecule is COC(=O)[C@@H](NC(=O)c1ccc(OC)cc1)c1cc(OC)c(OC)cc1[C@@H](NC(=O)c1ccc(OC)cc1)C(=O)OC. The molecule has 2 amide bonds. The fourth-order valence-corrected chi connectivity index (χ4v) is 4.09. The first-order chi connectivity index (χ1) is 20.2. The van der Waals surface area contributed by atoms with Gasteiger partial charge in [-0.15, -0.1) is 0 Å². The number of hydrogen-bond donors (Lipinski definition) is 2. The lowest BCUT2D eigenvalue weighted by molar-refractivity contribution is -0.144. The van der Waals surface area contributed by atoms with Crippen LogP contribution in [-0.2, 0) is 19.1 Å². The van der Waals surface area contributed by atoms with Gasteiger partial charge in [-0.1, -0.05) is 0 Å². The highest BCUT2D eigenvalue weighted by Gasteiger charge is 2.34. The van der Waals surface area contributed by atoms with Crippen LogP contribution in [0.3, 0.4) is 0 Å². The molecule has 0 aliphatic rings. The molecule has 3 rings (SSSR count). The van der Waals surface area contributed by atoms with Crippen LogP contribution in [0.2, 0.25) is 0 Å². The lowest BCUT2D eigenvalue weighted by Crippen LogP contribution is -2.39. The second-order valence-electron chi connectivity index (χ2n) is 8.65. The van der Waals surface area contributed by atoms with Crippen molar-refractivity contribution in [1.82, 2.24) is 10.6 Å². The number of nitrogens with one attached hydrogen (secondary N) is 2. The van der Waals surface area contributed by atoms with Gasteiger partial charge in [0.1, 0.15) is 11.5 Å². The molecule has 0 bridgehead atoms. The van der Waals surface area contributed by atoms with Crippen LogP contribution < -0.4 is 29.6 Å². The Morgan fingerprint density at radius 3 is 1.12 bits per heavy atom. The van der Waals surface area contributed by atoms with Gasteiger partial charge in [0.15, 0.2) is 23.6 Å². The standard InChI is InChI=1S/C30H32N2O10/c1-37-19-11-7-17(8-12-19)27(33)31-25(29(35)41-5)21-15-23(39-3)24(40-4)16-22(21)26(30(36)42-6)32-28(34)18-9-13-20(38-2)14-10-18/h7-16,25-26H,1-6H3,(H,31,33)(H,32,34)/t25-,26+. The molecule has 0 heterocycles. The number of esters is 2. The molecule has 2 N–H and O–H groups in total. The first-order valence-electron chi connectivity index (χ1n) is 12.5. The van der Waals surface area contributed by atoms with Gasteiger partial charge in [-0.25, -0.2) is 9.59 Å². The van der Waals surface area contributed by atoms with Crippen molar-refractivity contribution in [3.63, 3.8) is 0 Å². The molecule has 0 aliphatic carbocycles. The summed E-state index contributed by atoms with van der Waals surface area (Å²) in [7, 11) is 8.05. The monoisotopic (exact) mass is 580 g/mol. The number of amides is 2. The molecule has 0 fully saturated rings. The highest BCUT2D eigenvalue weighted by molar-refractivity contribution is 5.99. The zero-order valence-electron chi connectivity index (χ0n) is 24.0. The van der Waals surface area contributed by atoms with Crippen LogP contribution in [0.15, 0.2) is 60.7 Å². The van der Waals surface area contributed by atoms with Crippen LogP contribution in [-0.4, -0.2) is 66.4 Å². The summed E-state index contributed by atoms with van der Waals surface area (Å²) in [5.74, 6) is -1.50. The van der Waals surface area contributed by atoms with Gasteiger partial charge >= 0.3 is 11.9 Å². The average molecular weight is 581 g/mol. The molecule has 222 valence electrons. The van der Waals surface area contributed by atoms with E-state index in [-0.39, 0.29) is 33.8 Å². The molecular weight excluding hydrogens is 548 g/mol. The average Bonchev–Trinajstić information content (AvgIpc) is 3.04. The molecule has 0 radical (unpaired) electrons. The van der Waals surface area contributed by atoms with E-state index in [0.29, 0.717) is 11.5 Å². The Kier molecular flexibility index (Phi) is 10.7. The summed E-state index contributed by atoms with van der Waals surface area (Å²) in [6, 6.07) is 12.4. The number of ether oxygens (including phenoxy) is 6. The Labute approximate surface area is 242 Å². The predicted octanol–water partition coefficient (Wildman–Crippen LogP) is 3.01. The van der Waals surface area contributed by atoms with Gasteiger partial charge in [-0.05, 0) is 71.8 Å². The van der Waals surface area contributed by atoms with Crippen molar-refractivity contribution in [3.05, 3.63) is 82.9 Å². The van der Waals surface area contributed by atoms with E-state index < -0.39 is 35.8 Å². The van der Waals surface area contributed by atoms with Gasteiger partial charge < -0.3 is 39.1 Å². The number of hydrogen-bond acceptors (Lipinski definition) is 10. The zero-order valence-corrected chi connectivity index (χ0v) is 24.0. The third kappa shape index (κ3) is 7.08. The van der Waals surface area contributed by atoms with Crippen molar-refractivity contribution in [3.8, 4) is 23.0 Å². The molecule has 0 spiro atoms. The van der Waals surface area contributed by atoms with Crippen LogP contribution >= 0.6 is 0 Å². The molecule has 12 heteroatoms. The molecule has 2 atom stereocenters. The minimum atomic E-state index is -1.44. The fraction of sp³-hybridized carbons (Fsp3) is 0.267. The van der Waals surface area contributed by atoms with E-state index in [4.69, 9.17) is 28.4 Å². The molecule has 3 aromatic rings. The summed E-state index contributed by atoms with van der Waals surface area (Å²) in [4.78, 5) is 52.7. The van der Waals surface area contributed by atoms with Gasteiger partial charge in [-0.3, -0.25) is 9.59 Å². The van der Waals surface area contributed by atoms with E-state index in [2.05, 4.69) is 10.6 Å². The van der Waals surface area contributed by atoms with E-state index in [1.54, 1.807) is 24.3 Å². The summed E-state index contributed by atoms with van der Waals surface area (Å²) < 4.78 is 31.1. The lowest BCUT2D eigenvalue weighted by Gasteiger charge is -2.26. The largest absolute Gasteiger partial charge is 0.497 e. The van der Waals surface area contributed by atoms with Crippen LogP contribution in [0.4, 0.5) is 0 Å². The van der Waals surface area contributed by atoms with Crippen LogP contribution in [0, 0.1) is 0 Å². The molecule has 0 aromatic heterocycles. The number of rotatable bonds is 12. The summed E-state index contributed by atoms with van der Waals surface area (Å²) in [5.41, 5.74) is 0.631. The van der Waals surface area contributed by atoms with Crippen molar-refractivity contribution in [1.29, 1.82) is 0 Å². The van der Waals surface area contributed by atoms with E-state index in [0.717, 1.165) is 14.2 Å². The lowest BCUT2D eigenvalue weighted by atomic mass is 9.93. The first-order valence-corrected chi connectivity index (χ1v) is 12.5. The Morgan fingerprint density at radius 2 is 0.857 bits per heavy atom. The van der Waals surface area contributed by atoms with Crippen molar-refractivity contribution < 1.29 is 47.6 Å². The zero-order chi connectivity index (χ0) is 30.8. The van der Waals surface area contributed by atoms with Crippen molar-refractivity contribution in [2.45, 2.75) is 12.1 Å². The number of carbonyl (C=O) groups is 4. The molecule has 12 nitrogen and oxygen atoms in total. The van der Waals surface area contributed by atoms with Gasteiger partial charge in [-0.2, -0.15) is 0 Å². The Bertz CT molecular complexity index is 1310. The minimum Gasteiger partial charge on any atom is -0.497 e. The molecule has 0 saturated carbocycles. The summed E-state index contributed by atoms with van der Waals surface area (Å²) in [5, 5.41) is 5.29. The number of benzene rings is 3. The van der Waals surface area contributed by atoms with Crippen LogP contribution in [0.1, 0.15) is 43.9 Å². The molecule has 3 aromatic carbocycles. The number of methoxy groups -OCH3 is 6. The quantitative estimate of drug-likeness (QED) is 0.306. The van der Waals surface area contributed by atoms with Gasteiger partial charge in [0.2, 0.25) is 0 Å². The predicted molar refractivity (Wildman–Crippen MR) is 150 cm³/mol. The van der Waals surface area contributed by atoms with Crippen LogP contribution in [0.25, 0.3) is 0 Å². The molecule has 0 aliphatic heterocycles. The highest BCUT2D eigenvalue weighted by Crippen LogP contribution is 2.37. The van der Waals surface area contributed by atoms with Crippen molar-refractivity contribution >= 4 is 23.8 Å². The van der Waals surface area contributed by atoms with Gasteiger partial charge in [0.25, 0.3) is 11.8 Å². The van der Waals surface area contributed by atoms with E-state index in [1.165, 1.54) is 64.8 Å². The summed E-state index contributed by atoms with van der Waals surface area (Å²) in [6.45, 7) is 0. The smallest absolute Gasteiger partial charge is 0.333 e. The third-order valence-corrected chi connectivity index (χ3v) is 6.34. The van der Waals surface area contributed by atoms with Gasteiger partial charge in [0, 0.05) is 11.1 Å². The Morgan fingerprint density at radius 1 is 0.524 bits per heavy atom. The van der Waals surface area contributed by atoms with Crippen molar-refractivity contribution in [2.24, 2.45) is 0 Å². The third-order valence-electron chi connectivity index (χ3n) is 6.34. The maximum absolute atomic E-state index is 13.2. The Balaban J connectivity index is 2.14. The van der Waals surface area contributed by atoms with Gasteiger partial charge in [0.05, 0.1) is 42.7 Å². The van der Waals surface area contributed by atoms with Crippen LogP contribution in [0.5, 0.6) is 23.0 Å². The summed E-state index contributed by atoms with van der Waals surface area (Å²) >= 11 is 0. The minimum absolute atomic E-state index is 0.0896. The molecule has 42 heavy (non-hydrogen) atoms. The Hall–Kier alpha value is -5.26. The topological polar surface area (TPSA) is 148 Å². The number of carbonyl (C=O) groups excluding carboxylic acids is 4. The molecular formula is C30H32N2O10. The highest BCUT2D eigenvalue weighted by atomic mass is 16.5. The normalized spacial score (nSPS) is 11.8. The van der Waals surface area contributed by atoms with E-state index >= 15 is 0 Å². The molecule has 0 saturated heterocycles. The first kappa shape index (κ1) is 31.3. The molecule has 0 unspecified atom stereocenters. The maximum atomic E-state index is 13.2.